The van der Waals surface area contributed by atoms with E-state index in [0.717, 1.165) is 16.1 Å². The number of thioether (sulfide) groups is 1. The Morgan fingerprint density at radius 3 is 2.45 bits per heavy atom. The molecule has 0 aromatic heterocycles. The number of carbonyl (C=O) groups excluding carboxylic acids is 1. The highest BCUT2D eigenvalue weighted by atomic mass is 32.2. The van der Waals surface area contributed by atoms with Crippen molar-refractivity contribution in [2.24, 2.45) is 0 Å². The van der Waals surface area contributed by atoms with Crippen LogP contribution in [0.4, 0.5) is 5.69 Å². The highest BCUT2D eigenvalue weighted by molar-refractivity contribution is 8.00. The molecule has 0 saturated heterocycles. The zero-order valence-corrected chi connectivity index (χ0v) is 12.8. The monoisotopic (exact) mass is 285 g/mol. The number of anilines is 1. The van der Waals surface area contributed by atoms with Gasteiger partial charge < -0.3 is 5.32 Å². The molecule has 2 aromatic carbocycles. The molecule has 0 bridgehead atoms. The first-order chi connectivity index (χ1) is 9.56. The Morgan fingerprint density at radius 2 is 1.80 bits per heavy atom. The average molecular weight is 285 g/mol. The van der Waals surface area contributed by atoms with E-state index in [1.165, 1.54) is 5.56 Å². The molecule has 20 heavy (non-hydrogen) atoms. The minimum Gasteiger partial charge on any atom is -0.325 e. The van der Waals surface area contributed by atoms with Gasteiger partial charge in [-0.2, -0.15) is 0 Å². The van der Waals surface area contributed by atoms with Gasteiger partial charge in [0.15, 0.2) is 0 Å². The molecule has 0 unspecified atom stereocenters. The Bertz CT molecular complexity index is 595. The van der Waals surface area contributed by atoms with Crippen LogP contribution < -0.4 is 5.32 Å². The molecular weight excluding hydrogens is 266 g/mol. The van der Waals surface area contributed by atoms with Crippen molar-refractivity contribution in [3.05, 3.63) is 59.7 Å². The van der Waals surface area contributed by atoms with Crippen molar-refractivity contribution in [3.8, 4) is 0 Å². The molecule has 2 nitrogen and oxygen atoms in total. The van der Waals surface area contributed by atoms with Crippen LogP contribution in [-0.2, 0) is 4.79 Å². The summed E-state index contributed by atoms with van der Waals surface area (Å²) in [6.45, 7) is 5.99. The third-order valence-corrected chi connectivity index (χ3v) is 4.18. The number of carbonyl (C=O) groups is 1. The molecule has 1 N–H and O–H groups in total. The van der Waals surface area contributed by atoms with Crippen molar-refractivity contribution >= 4 is 23.4 Å². The summed E-state index contributed by atoms with van der Waals surface area (Å²) in [4.78, 5) is 13.3. The van der Waals surface area contributed by atoms with E-state index in [1.807, 2.05) is 63.2 Å². The zero-order chi connectivity index (χ0) is 14.5. The standard InChI is InChI=1S/C17H19NOS/c1-12-9-10-16(13(2)11-12)18-17(19)14(3)20-15-7-5-4-6-8-15/h4-11,14H,1-3H3,(H,18,19)/t14-/m1/s1. The van der Waals surface area contributed by atoms with Gasteiger partial charge in [0.25, 0.3) is 0 Å². The van der Waals surface area contributed by atoms with Crippen molar-refractivity contribution in [1.82, 2.24) is 0 Å². The van der Waals surface area contributed by atoms with E-state index >= 15 is 0 Å². The maximum absolute atomic E-state index is 12.2. The van der Waals surface area contributed by atoms with Gasteiger partial charge in [-0.05, 0) is 44.5 Å². The van der Waals surface area contributed by atoms with Crippen LogP contribution in [0, 0.1) is 13.8 Å². The molecule has 0 radical (unpaired) electrons. The summed E-state index contributed by atoms with van der Waals surface area (Å²) in [5.41, 5.74) is 3.18. The maximum Gasteiger partial charge on any atom is 0.237 e. The van der Waals surface area contributed by atoms with Gasteiger partial charge in [0.05, 0.1) is 5.25 Å². The van der Waals surface area contributed by atoms with Gasteiger partial charge in [0.1, 0.15) is 0 Å². The Hall–Kier alpha value is -1.74. The van der Waals surface area contributed by atoms with E-state index in [2.05, 4.69) is 11.4 Å². The fourth-order valence-electron chi connectivity index (χ4n) is 1.94. The van der Waals surface area contributed by atoms with Crippen molar-refractivity contribution in [3.63, 3.8) is 0 Å². The number of hydrogen-bond acceptors (Lipinski definition) is 2. The number of amides is 1. The summed E-state index contributed by atoms with van der Waals surface area (Å²) in [5, 5.41) is 2.87. The van der Waals surface area contributed by atoms with Gasteiger partial charge in [-0.1, -0.05) is 35.9 Å². The summed E-state index contributed by atoms with van der Waals surface area (Å²) >= 11 is 1.57. The first-order valence-electron chi connectivity index (χ1n) is 6.66. The van der Waals surface area contributed by atoms with Crippen LogP contribution in [0.3, 0.4) is 0 Å². The topological polar surface area (TPSA) is 29.1 Å². The quantitative estimate of drug-likeness (QED) is 0.842. The van der Waals surface area contributed by atoms with Crippen molar-refractivity contribution in [1.29, 1.82) is 0 Å². The van der Waals surface area contributed by atoms with Crippen LogP contribution in [0.15, 0.2) is 53.4 Å². The summed E-state index contributed by atoms with van der Waals surface area (Å²) < 4.78 is 0. The number of nitrogens with one attached hydrogen (secondary N) is 1. The van der Waals surface area contributed by atoms with E-state index in [4.69, 9.17) is 0 Å². The first-order valence-corrected chi connectivity index (χ1v) is 7.54. The molecule has 2 aromatic rings. The first kappa shape index (κ1) is 14.7. The molecule has 0 fully saturated rings. The molecule has 0 spiro atoms. The molecule has 1 atom stereocenters. The highest BCUT2D eigenvalue weighted by Gasteiger charge is 2.15. The summed E-state index contributed by atoms with van der Waals surface area (Å²) in [6, 6.07) is 16.0. The summed E-state index contributed by atoms with van der Waals surface area (Å²) in [7, 11) is 0. The Kier molecular flexibility index (Phi) is 4.85. The van der Waals surface area contributed by atoms with Gasteiger partial charge in [-0.15, -0.1) is 11.8 Å². The molecule has 1 amide bonds. The fraction of sp³-hybridized carbons (Fsp3) is 0.235. The predicted octanol–water partition coefficient (Wildman–Crippen LogP) is 4.42. The second-order valence-electron chi connectivity index (χ2n) is 4.88. The highest BCUT2D eigenvalue weighted by Crippen LogP contribution is 2.24. The maximum atomic E-state index is 12.2. The normalized spacial score (nSPS) is 11.9. The third kappa shape index (κ3) is 3.87. The van der Waals surface area contributed by atoms with E-state index in [-0.39, 0.29) is 11.2 Å². The van der Waals surface area contributed by atoms with Gasteiger partial charge in [0, 0.05) is 10.6 Å². The SMILES string of the molecule is Cc1ccc(NC(=O)[C@@H](C)Sc2ccccc2)c(C)c1. The van der Waals surface area contributed by atoms with Crippen LogP contribution in [0.5, 0.6) is 0 Å². The van der Waals surface area contributed by atoms with E-state index < -0.39 is 0 Å². The largest absolute Gasteiger partial charge is 0.325 e. The Balaban J connectivity index is 2.01. The van der Waals surface area contributed by atoms with E-state index in [1.54, 1.807) is 11.8 Å². The number of rotatable bonds is 4. The summed E-state index contributed by atoms with van der Waals surface area (Å²) in [6.07, 6.45) is 0. The molecule has 0 saturated carbocycles. The van der Waals surface area contributed by atoms with Crippen LogP contribution in [0.1, 0.15) is 18.1 Å². The molecular formula is C17H19NOS. The zero-order valence-electron chi connectivity index (χ0n) is 12.0. The smallest absolute Gasteiger partial charge is 0.237 e. The van der Waals surface area contributed by atoms with Crippen molar-refractivity contribution in [2.45, 2.75) is 30.9 Å². The molecule has 0 aliphatic rings. The van der Waals surface area contributed by atoms with Gasteiger partial charge in [-0.3, -0.25) is 4.79 Å². The Morgan fingerprint density at radius 1 is 1.10 bits per heavy atom. The van der Waals surface area contributed by atoms with Gasteiger partial charge >= 0.3 is 0 Å². The minimum absolute atomic E-state index is 0.0332. The lowest BCUT2D eigenvalue weighted by molar-refractivity contribution is -0.115. The number of aryl methyl sites for hydroxylation is 2. The minimum atomic E-state index is -0.127. The third-order valence-electron chi connectivity index (χ3n) is 3.07. The molecule has 104 valence electrons. The molecule has 0 heterocycles. The van der Waals surface area contributed by atoms with Crippen LogP contribution in [0.25, 0.3) is 0 Å². The van der Waals surface area contributed by atoms with Crippen molar-refractivity contribution in [2.75, 3.05) is 5.32 Å². The Labute approximate surface area is 124 Å². The molecule has 0 aliphatic heterocycles. The lowest BCUT2D eigenvalue weighted by Crippen LogP contribution is -2.22. The average Bonchev–Trinajstić information content (AvgIpc) is 2.43. The molecule has 2 rings (SSSR count). The fourth-order valence-corrected chi connectivity index (χ4v) is 2.83. The predicted molar refractivity (Wildman–Crippen MR) is 86.3 cm³/mol. The van der Waals surface area contributed by atoms with Gasteiger partial charge in [0.2, 0.25) is 5.91 Å². The number of hydrogen-bond donors (Lipinski definition) is 1. The van der Waals surface area contributed by atoms with E-state index in [9.17, 15) is 4.79 Å². The molecule has 3 heteroatoms. The lowest BCUT2D eigenvalue weighted by Gasteiger charge is -2.14. The molecule has 0 aliphatic carbocycles. The van der Waals surface area contributed by atoms with Crippen LogP contribution in [-0.4, -0.2) is 11.2 Å². The number of benzene rings is 2. The van der Waals surface area contributed by atoms with Crippen LogP contribution >= 0.6 is 11.8 Å². The van der Waals surface area contributed by atoms with Crippen LogP contribution in [0.2, 0.25) is 0 Å². The second-order valence-corrected chi connectivity index (χ2v) is 6.29. The summed E-state index contributed by atoms with van der Waals surface area (Å²) in [5.74, 6) is 0.0332. The van der Waals surface area contributed by atoms with Crippen molar-refractivity contribution < 1.29 is 4.79 Å². The second kappa shape index (κ2) is 6.62. The lowest BCUT2D eigenvalue weighted by atomic mass is 10.1. The van der Waals surface area contributed by atoms with Gasteiger partial charge in [-0.25, -0.2) is 0 Å². The van der Waals surface area contributed by atoms with E-state index in [0.29, 0.717) is 0 Å².